The fourth-order valence-electron chi connectivity index (χ4n) is 2.44. The summed E-state index contributed by atoms with van der Waals surface area (Å²) >= 11 is 0. The molecule has 1 aromatic carbocycles. The molecule has 1 heterocycles. The summed E-state index contributed by atoms with van der Waals surface area (Å²) in [5, 5.41) is 15.7. The lowest BCUT2D eigenvalue weighted by molar-refractivity contribution is 0.0697. The number of hydrogen-bond acceptors (Lipinski definition) is 4. The number of rotatable bonds is 6. The Labute approximate surface area is 153 Å². The summed E-state index contributed by atoms with van der Waals surface area (Å²) in [5.74, 6) is -0.915. The van der Waals surface area contributed by atoms with Gasteiger partial charge in [0.05, 0.1) is 11.3 Å². The third-order valence-electron chi connectivity index (χ3n) is 4.22. The minimum Gasteiger partial charge on any atom is -0.478 e. The molecule has 130 valence electrons. The summed E-state index contributed by atoms with van der Waals surface area (Å²) in [6.45, 7) is 0.882. The van der Waals surface area contributed by atoms with Crippen LogP contribution >= 0.6 is 24.8 Å². The molecule has 1 aliphatic rings. The molecule has 0 aliphatic heterocycles. The molecule has 0 bridgehead atoms. The van der Waals surface area contributed by atoms with E-state index in [4.69, 9.17) is 5.11 Å². The molecule has 3 rings (SSSR count). The molecule has 0 atom stereocenters. The van der Waals surface area contributed by atoms with Crippen LogP contribution in [0, 0.1) is 0 Å². The molecule has 2 aromatic rings. The number of carbonyl (C=O) groups is 1. The first kappa shape index (κ1) is 20.2. The minimum absolute atomic E-state index is 0. The van der Waals surface area contributed by atoms with Crippen LogP contribution in [0.3, 0.4) is 0 Å². The van der Waals surface area contributed by atoms with Gasteiger partial charge in [-0.15, -0.1) is 24.8 Å². The van der Waals surface area contributed by atoms with E-state index in [1.165, 1.54) is 12.8 Å². The Balaban J connectivity index is 0.00000144. The highest BCUT2D eigenvalue weighted by molar-refractivity contribution is 5.88. The summed E-state index contributed by atoms with van der Waals surface area (Å²) in [5.41, 5.74) is 3.42. The first-order valence-corrected chi connectivity index (χ1v) is 7.33. The van der Waals surface area contributed by atoms with Gasteiger partial charge in [-0.1, -0.05) is 12.1 Å². The van der Waals surface area contributed by atoms with Crippen molar-refractivity contribution in [3.8, 4) is 11.1 Å². The van der Waals surface area contributed by atoms with Gasteiger partial charge in [-0.3, -0.25) is 4.98 Å². The zero-order valence-electron chi connectivity index (χ0n) is 13.3. The van der Waals surface area contributed by atoms with Crippen molar-refractivity contribution in [3.05, 3.63) is 48.3 Å². The fraction of sp³-hybridized carbons (Fsp3) is 0.294. The molecule has 24 heavy (non-hydrogen) atoms. The third-order valence-corrected chi connectivity index (χ3v) is 4.22. The largest absolute Gasteiger partial charge is 0.478 e. The average Bonchev–Trinajstić information content (AvgIpc) is 3.34. The number of nitrogens with zero attached hydrogens (tertiary/aromatic N) is 1. The maximum Gasteiger partial charge on any atom is 0.335 e. The predicted molar refractivity (Wildman–Crippen MR) is 101 cm³/mol. The molecule has 7 heteroatoms. The average molecular weight is 370 g/mol. The lowest BCUT2D eigenvalue weighted by Crippen LogP contribution is -2.34. The number of carboxylic acid groups (broad SMARTS) is 1. The van der Waals surface area contributed by atoms with Gasteiger partial charge < -0.3 is 15.7 Å². The summed E-state index contributed by atoms with van der Waals surface area (Å²) in [6, 6.07) is 8.87. The van der Waals surface area contributed by atoms with Crippen LogP contribution in [-0.2, 0) is 0 Å². The Morgan fingerprint density at radius 3 is 2.38 bits per heavy atom. The molecule has 0 saturated heterocycles. The highest BCUT2D eigenvalue weighted by Crippen LogP contribution is 2.35. The van der Waals surface area contributed by atoms with Gasteiger partial charge >= 0.3 is 5.97 Å². The smallest absolute Gasteiger partial charge is 0.335 e. The Morgan fingerprint density at radius 2 is 1.83 bits per heavy atom. The molecular formula is C17H21Cl2N3O2. The number of pyridine rings is 1. The summed E-state index contributed by atoms with van der Waals surface area (Å²) < 4.78 is 0. The zero-order chi connectivity index (χ0) is 15.6. The number of carboxylic acids is 1. The Bertz CT molecular complexity index is 688. The summed E-state index contributed by atoms with van der Waals surface area (Å²) in [7, 11) is 1.99. The van der Waals surface area contributed by atoms with Gasteiger partial charge in [0, 0.05) is 30.0 Å². The van der Waals surface area contributed by atoms with E-state index >= 15 is 0 Å². The van der Waals surface area contributed by atoms with E-state index < -0.39 is 5.97 Å². The van der Waals surface area contributed by atoms with Crippen molar-refractivity contribution in [1.82, 2.24) is 10.3 Å². The molecule has 1 saturated carbocycles. The van der Waals surface area contributed by atoms with Gasteiger partial charge in [0.2, 0.25) is 0 Å². The summed E-state index contributed by atoms with van der Waals surface area (Å²) in [4.78, 5) is 15.2. The molecular weight excluding hydrogens is 349 g/mol. The second-order valence-corrected chi connectivity index (χ2v) is 5.73. The Morgan fingerprint density at radius 1 is 1.17 bits per heavy atom. The van der Waals surface area contributed by atoms with Crippen molar-refractivity contribution < 1.29 is 9.90 Å². The van der Waals surface area contributed by atoms with Crippen molar-refractivity contribution in [2.45, 2.75) is 18.4 Å². The highest BCUT2D eigenvalue weighted by Gasteiger charge is 2.40. The second kappa shape index (κ2) is 8.33. The molecule has 1 aromatic heterocycles. The molecule has 0 unspecified atom stereocenters. The lowest BCUT2D eigenvalue weighted by atomic mass is 10.1. The number of aromatic carboxylic acids is 1. The number of anilines is 1. The van der Waals surface area contributed by atoms with Gasteiger partial charge in [0.1, 0.15) is 0 Å². The van der Waals surface area contributed by atoms with Crippen LogP contribution in [0.4, 0.5) is 5.69 Å². The molecule has 0 spiro atoms. The van der Waals surface area contributed by atoms with Crippen LogP contribution in [0.15, 0.2) is 42.7 Å². The van der Waals surface area contributed by atoms with Crippen LogP contribution < -0.4 is 10.6 Å². The minimum atomic E-state index is -0.915. The Hall–Kier alpha value is -1.82. The van der Waals surface area contributed by atoms with Crippen LogP contribution in [0.25, 0.3) is 11.1 Å². The quantitative estimate of drug-likeness (QED) is 0.726. The number of aromatic nitrogens is 1. The number of hydrogen-bond donors (Lipinski definition) is 3. The van der Waals surface area contributed by atoms with Gasteiger partial charge in [0.15, 0.2) is 0 Å². The topological polar surface area (TPSA) is 74.2 Å². The molecule has 0 amide bonds. The van der Waals surface area contributed by atoms with Crippen molar-refractivity contribution in [1.29, 1.82) is 0 Å². The van der Waals surface area contributed by atoms with Crippen molar-refractivity contribution in [2.24, 2.45) is 0 Å². The van der Waals surface area contributed by atoms with E-state index in [0.717, 1.165) is 23.4 Å². The van der Waals surface area contributed by atoms with Crippen LogP contribution in [0.5, 0.6) is 0 Å². The predicted octanol–water partition coefficient (Wildman–Crippen LogP) is 3.45. The van der Waals surface area contributed by atoms with Gasteiger partial charge in [-0.2, -0.15) is 0 Å². The van der Waals surface area contributed by atoms with E-state index in [2.05, 4.69) is 15.6 Å². The molecule has 0 radical (unpaired) electrons. The van der Waals surface area contributed by atoms with Crippen LogP contribution in [0.1, 0.15) is 23.2 Å². The van der Waals surface area contributed by atoms with E-state index in [-0.39, 0.29) is 35.9 Å². The first-order chi connectivity index (χ1) is 10.6. The van der Waals surface area contributed by atoms with Crippen molar-refractivity contribution in [2.75, 3.05) is 18.9 Å². The van der Waals surface area contributed by atoms with E-state index in [0.29, 0.717) is 0 Å². The maximum absolute atomic E-state index is 10.9. The molecule has 5 nitrogen and oxygen atoms in total. The van der Waals surface area contributed by atoms with E-state index in [9.17, 15) is 4.79 Å². The maximum atomic E-state index is 10.9. The van der Waals surface area contributed by atoms with E-state index in [1.807, 2.05) is 13.1 Å². The lowest BCUT2D eigenvalue weighted by Gasteiger charge is -2.16. The van der Waals surface area contributed by atoms with Gasteiger partial charge in [-0.25, -0.2) is 4.79 Å². The third kappa shape index (κ3) is 4.60. The molecule has 1 fully saturated rings. The normalized spacial score (nSPS) is 14.0. The monoisotopic (exact) mass is 369 g/mol. The van der Waals surface area contributed by atoms with Crippen molar-refractivity contribution >= 4 is 36.5 Å². The highest BCUT2D eigenvalue weighted by atomic mass is 35.5. The van der Waals surface area contributed by atoms with E-state index in [1.54, 1.807) is 36.7 Å². The zero-order valence-corrected chi connectivity index (χ0v) is 14.9. The van der Waals surface area contributed by atoms with Gasteiger partial charge in [-0.05, 0) is 43.7 Å². The van der Waals surface area contributed by atoms with Gasteiger partial charge in [0.25, 0.3) is 0 Å². The SMILES string of the molecule is CNC1(CNc2cncc(-c3ccc(C(=O)O)cc3)c2)CC1.Cl.Cl. The number of benzene rings is 1. The second-order valence-electron chi connectivity index (χ2n) is 5.73. The van der Waals surface area contributed by atoms with Crippen molar-refractivity contribution in [3.63, 3.8) is 0 Å². The van der Waals surface area contributed by atoms with Crippen LogP contribution in [0.2, 0.25) is 0 Å². The molecule has 1 aliphatic carbocycles. The Kier molecular flexibility index (Phi) is 7.02. The molecule has 3 N–H and O–H groups in total. The number of nitrogens with one attached hydrogen (secondary N) is 2. The number of halogens is 2. The first-order valence-electron chi connectivity index (χ1n) is 7.33. The fourth-order valence-corrected chi connectivity index (χ4v) is 2.44. The standard InChI is InChI=1S/C17H19N3O2.2ClH/c1-18-17(6-7-17)11-20-15-8-14(9-19-10-15)12-2-4-13(5-3-12)16(21)22;;/h2-5,8-10,18,20H,6-7,11H2,1H3,(H,21,22);2*1H. The van der Waals surface area contributed by atoms with Crippen LogP contribution in [-0.4, -0.2) is 35.2 Å². The number of likely N-dealkylation sites (N-methyl/N-ethyl adjacent to an activating group) is 1. The summed E-state index contributed by atoms with van der Waals surface area (Å²) in [6.07, 6.45) is 5.98.